The largest absolute Gasteiger partial charge is 0.477 e. The van der Waals surface area contributed by atoms with Gasteiger partial charge in [0, 0.05) is 24.4 Å². The van der Waals surface area contributed by atoms with Crippen LogP contribution in [0.5, 0.6) is 0 Å². The molecule has 0 spiro atoms. The maximum absolute atomic E-state index is 12.8. The Kier molecular flexibility index (Phi) is 5.36. The average Bonchev–Trinajstić information content (AvgIpc) is 3.13. The number of thioether (sulfide) groups is 1. The molecule has 2 aliphatic rings. The molecule has 2 amide bonds. The van der Waals surface area contributed by atoms with Crippen molar-refractivity contribution in [3.63, 3.8) is 0 Å². The van der Waals surface area contributed by atoms with Gasteiger partial charge in [-0.15, -0.1) is 11.8 Å². The summed E-state index contributed by atoms with van der Waals surface area (Å²) in [5.41, 5.74) is -0.484. The summed E-state index contributed by atoms with van der Waals surface area (Å²) in [4.78, 5) is 48.2. The van der Waals surface area contributed by atoms with Crippen molar-refractivity contribution in [1.29, 1.82) is 0 Å². The van der Waals surface area contributed by atoms with Gasteiger partial charge in [0.1, 0.15) is 29.4 Å². The van der Waals surface area contributed by atoms with E-state index < -0.39 is 47.4 Å². The fraction of sp³-hybridized carbons (Fsp3) is 0.400. The summed E-state index contributed by atoms with van der Waals surface area (Å²) in [7, 11) is 0. The molecule has 2 aliphatic heterocycles. The Bertz CT molecular complexity index is 886. The second kappa shape index (κ2) is 7.58. The van der Waals surface area contributed by atoms with Crippen molar-refractivity contribution in [2.24, 2.45) is 0 Å². The highest BCUT2D eigenvalue weighted by molar-refractivity contribution is 8.00. The molecule has 2 unspecified atom stereocenters. The summed E-state index contributed by atoms with van der Waals surface area (Å²) in [5, 5.41) is 14.4. The number of ether oxygens (including phenoxy) is 1. The molecule has 1 aromatic heterocycles. The number of carboxylic acid groups (broad SMARTS) is 1. The summed E-state index contributed by atoms with van der Waals surface area (Å²) in [5.74, 6) is -3.44. The average molecular weight is 416 g/mol. The number of fused-ring (bicyclic) bond motifs is 1. The fourth-order valence-electron chi connectivity index (χ4n) is 2.85. The van der Waals surface area contributed by atoms with Crippen LogP contribution in [-0.4, -0.2) is 67.3 Å². The number of hydrogen-bond acceptors (Lipinski definition) is 7. The SMILES string of the molecule is CC(=O)OCC1=C(C(=O)O)N2C(=O)C(NC(=O)c3ccnn3C(F)F)C2SC1. The zero-order valence-electron chi connectivity index (χ0n) is 14.3. The van der Waals surface area contributed by atoms with Gasteiger partial charge in [-0.3, -0.25) is 19.3 Å². The van der Waals surface area contributed by atoms with E-state index in [1.807, 2.05) is 0 Å². The van der Waals surface area contributed by atoms with Crippen molar-refractivity contribution in [2.45, 2.75) is 24.9 Å². The van der Waals surface area contributed by atoms with Gasteiger partial charge in [-0.05, 0) is 6.07 Å². The predicted octanol–water partition coefficient (Wildman–Crippen LogP) is 0.194. The molecule has 2 N–H and O–H groups in total. The standard InChI is InChI=1S/C15H14F2N4O6S/c1-6(22)27-4-7-5-28-13-9(12(24)20(13)10(7)14(25)26)19-11(23)8-2-3-18-21(8)15(16)17/h2-3,9,13,15H,4-5H2,1H3,(H,19,23)(H,25,26). The van der Waals surface area contributed by atoms with Crippen molar-refractivity contribution in [3.8, 4) is 0 Å². The molecule has 1 saturated heterocycles. The lowest BCUT2D eigenvalue weighted by atomic mass is 10.0. The number of alkyl halides is 2. The van der Waals surface area contributed by atoms with E-state index in [-0.39, 0.29) is 28.3 Å². The Balaban J connectivity index is 1.76. The molecule has 10 nitrogen and oxygen atoms in total. The van der Waals surface area contributed by atoms with E-state index >= 15 is 0 Å². The Hall–Kier alpha value is -2.96. The van der Waals surface area contributed by atoms with E-state index in [0.29, 0.717) is 0 Å². The van der Waals surface area contributed by atoms with Crippen molar-refractivity contribution in [1.82, 2.24) is 20.0 Å². The van der Waals surface area contributed by atoms with Crippen LogP contribution in [-0.2, 0) is 19.1 Å². The summed E-state index contributed by atoms with van der Waals surface area (Å²) >= 11 is 1.16. The lowest BCUT2D eigenvalue weighted by Crippen LogP contribution is -2.70. The molecule has 0 aromatic carbocycles. The van der Waals surface area contributed by atoms with Crippen molar-refractivity contribution < 1.29 is 37.8 Å². The van der Waals surface area contributed by atoms with Crippen LogP contribution in [0, 0.1) is 0 Å². The van der Waals surface area contributed by atoms with Crippen LogP contribution < -0.4 is 5.32 Å². The minimum Gasteiger partial charge on any atom is -0.477 e. The first-order valence-electron chi connectivity index (χ1n) is 7.88. The van der Waals surface area contributed by atoms with Crippen LogP contribution >= 0.6 is 11.8 Å². The Morgan fingerprint density at radius 1 is 1.46 bits per heavy atom. The molecular weight excluding hydrogens is 402 g/mol. The van der Waals surface area contributed by atoms with E-state index in [1.54, 1.807) is 0 Å². The second-order valence-corrected chi connectivity index (χ2v) is 6.94. The van der Waals surface area contributed by atoms with Crippen LogP contribution in [0.15, 0.2) is 23.5 Å². The molecule has 2 atom stereocenters. The van der Waals surface area contributed by atoms with E-state index in [0.717, 1.165) is 28.9 Å². The molecule has 28 heavy (non-hydrogen) atoms. The van der Waals surface area contributed by atoms with Crippen molar-refractivity contribution >= 4 is 35.5 Å². The highest BCUT2D eigenvalue weighted by Crippen LogP contribution is 2.40. The third-order valence-corrected chi connectivity index (χ3v) is 5.41. The number of carboxylic acids is 1. The van der Waals surface area contributed by atoms with E-state index in [4.69, 9.17) is 4.74 Å². The van der Waals surface area contributed by atoms with E-state index in [2.05, 4.69) is 10.4 Å². The van der Waals surface area contributed by atoms with Gasteiger partial charge in [0.15, 0.2) is 0 Å². The smallest absolute Gasteiger partial charge is 0.352 e. The number of carbonyl (C=O) groups is 4. The third kappa shape index (κ3) is 3.44. The molecule has 1 aromatic rings. The summed E-state index contributed by atoms with van der Waals surface area (Å²) in [6, 6.07) is -0.000854. The summed E-state index contributed by atoms with van der Waals surface area (Å²) in [6.07, 6.45) is 1.03. The first kappa shape index (κ1) is 19.8. The van der Waals surface area contributed by atoms with E-state index in [9.17, 15) is 33.1 Å². The summed E-state index contributed by atoms with van der Waals surface area (Å²) in [6.45, 7) is -2.13. The second-order valence-electron chi connectivity index (χ2n) is 5.84. The van der Waals surface area contributed by atoms with Crippen LogP contribution in [0.3, 0.4) is 0 Å². The molecule has 13 heteroatoms. The number of hydrogen-bond donors (Lipinski definition) is 2. The van der Waals surface area contributed by atoms with Gasteiger partial charge in [-0.25, -0.2) is 4.79 Å². The number of rotatable bonds is 6. The minimum atomic E-state index is -3.03. The number of β-lactam (4-membered cyclic amide) rings is 1. The molecule has 0 saturated carbocycles. The maximum atomic E-state index is 12.8. The van der Waals surface area contributed by atoms with Gasteiger partial charge in [0.2, 0.25) is 0 Å². The normalized spacial score (nSPS) is 21.3. The molecule has 0 radical (unpaired) electrons. The highest BCUT2D eigenvalue weighted by atomic mass is 32.2. The van der Waals surface area contributed by atoms with Gasteiger partial charge in [0.25, 0.3) is 11.8 Å². The Morgan fingerprint density at radius 3 is 2.79 bits per heavy atom. The van der Waals surface area contributed by atoms with Gasteiger partial charge >= 0.3 is 18.5 Å². The number of carbonyl (C=O) groups excluding carboxylic acids is 3. The Morgan fingerprint density at radius 2 is 2.18 bits per heavy atom. The van der Waals surface area contributed by atoms with Crippen LogP contribution in [0.4, 0.5) is 8.78 Å². The zero-order chi connectivity index (χ0) is 20.6. The minimum absolute atomic E-state index is 0.157. The maximum Gasteiger partial charge on any atom is 0.352 e. The number of aliphatic carboxylic acids is 1. The number of nitrogens with one attached hydrogen (secondary N) is 1. The first-order valence-corrected chi connectivity index (χ1v) is 8.93. The third-order valence-electron chi connectivity index (χ3n) is 4.07. The number of halogens is 2. The Labute approximate surface area is 160 Å². The van der Waals surface area contributed by atoms with Crippen LogP contribution in [0.2, 0.25) is 0 Å². The molecule has 1 fully saturated rings. The van der Waals surface area contributed by atoms with Gasteiger partial charge in [-0.1, -0.05) is 0 Å². The van der Waals surface area contributed by atoms with Gasteiger partial charge in [0.05, 0.1) is 0 Å². The monoisotopic (exact) mass is 416 g/mol. The number of nitrogens with zero attached hydrogens (tertiary/aromatic N) is 3. The van der Waals surface area contributed by atoms with Gasteiger partial charge < -0.3 is 15.2 Å². The number of aromatic nitrogens is 2. The lowest BCUT2D eigenvalue weighted by Gasteiger charge is -2.49. The molecule has 3 rings (SSSR count). The number of amides is 2. The quantitative estimate of drug-likeness (QED) is 0.497. The molecule has 0 aliphatic carbocycles. The fourth-order valence-corrected chi connectivity index (χ4v) is 4.18. The molecular formula is C15H14F2N4O6S. The first-order chi connectivity index (χ1) is 13.2. The lowest BCUT2D eigenvalue weighted by molar-refractivity contribution is -0.149. The van der Waals surface area contributed by atoms with Crippen LogP contribution in [0.1, 0.15) is 24.0 Å². The topological polar surface area (TPSA) is 131 Å². The van der Waals surface area contributed by atoms with Crippen molar-refractivity contribution in [2.75, 3.05) is 12.4 Å². The zero-order valence-corrected chi connectivity index (χ0v) is 15.1. The molecule has 3 heterocycles. The summed E-state index contributed by atoms with van der Waals surface area (Å²) < 4.78 is 30.7. The van der Waals surface area contributed by atoms with Gasteiger partial charge in [-0.2, -0.15) is 18.6 Å². The molecule has 150 valence electrons. The number of esters is 1. The van der Waals surface area contributed by atoms with E-state index in [1.165, 1.54) is 6.92 Å². The van der Waals surface area contributed by atoms with Crippen molar-refractivity contribution in [3.05, 3.63) is 29.2 Å². The van der Waals surface area contributed by atoms with Crippen LogP contribution in [0.25, 0.3) is 0 Å². The predicted molar refractivity (Wildman–Crippen MR) is 89.1 cm³/mol. The highest BCUT2D eigenvalue weighted by Gasteiger charge is 2.54. The molecule has 0 bridgehead atoms.